The van der Waals surface area contributed by atoms with E-state index in [0.717, 1.165) is 19.5 Å². The molecule has 1 saturated heterocycles. The van der Waals surface area contributed by atoms with Gasteiger partial charge in [-0.3, -0.25) is 9.69 Å². The quantitative estimate of drug-likeness (QED) is 0.595. The molecule has 110 valence electrons. The Hall–Kier alpha value is -1.34. The van der Waals surface area contributed by atoms with Crippen molar-refractivity contribution >= 4 is 11.9 Å². The summed E-state index contributed by atoms with van der Waals surface area (Å²) in [6.45, 7) is 6.92. The summed E-state index contributed by atoms with van der Waals surface area (Å²) in [6, 6.07) is -1.28. The Bertz CT molecular complexity index is 316. The molecule has 0 aromatic carbocycles. The second-order valence-corrected chi connectivity index (χ2v) is 4.92. The predicted octanol–water partition coefficient (Wildman–Crippen LogP) is -1.04. The van der Waals surface area contributed by atoms with E-state index in [9.17, 15) is 14.7 Å². The van der Waals surface area contributed by atoms with Crippen molar-refractivity contribution in [2.75, 3.05) is 32.7 Å². The van der Waals surface area contributed by atoms with Crippen LogP contribution in [-0.2, 0) is 4.79 Å². The van der Waals surface area contributed by atoms with Crippen LogP contribution < -0.4 is 11.1 Å². The maximum absolute atomic E-state index is 12.0. The Morgan fingerprint density at radius 1 is 1.32 bits per heavy atom. The third-order valence-corrected chi connectivity index (χ3v) is 3.35. The highest BCUT2D eigenvalue weighted by molar-refractivity contribution is 5.86. The lowest BCUT2D eigenvalue weighted by atomic mass is 10.2. The molecule has 0 aromatic heterocycles. The van der Waals surface area contributed by atoms with E-state index in [1.807, 2.05) is 6.92 Å². The highest BCUT2D eigenvalue weighted by Gasteiger charge is 2.25. The summed E-state index contributed by atoms with van der Waals surface area (Å²) in [5.41, 5.74) is 5.00. The average molecular weight is 272 g/mol. The number of β-amino-alcohol motifs (C(OH)–C–C–N with tert-alkyl or cyclic N) is 1. The van der Waals surface area contributed by atoms with E-state index in [2.05, 4.69) is 10.2 Å². The zero-order chi connectivity index (χ0) is 14.4. The average Bonchev–Trinajstić information content (AvgIpc) is 2.37. The van der Waals surface area contributed by atoms with Crippen LogP contribution in [0.5, 0.6) is 0 Å². The number of hydrogen-bond acceptors (Lipinski definition) is 4. The van der Waals surface area contributed by atoms with Crippen molar-refractivity contribution in [1.82, 2.24) is 15.1 Å². The van der Waals surface area contributed by atoms with Gasteiger partial charge in [0.2, 0.25) is 5.91 Å². The lowest BCUT2D eigenvalue weighted by Crippen LogP contribution is -2.55. The number of hydrogen-bond donors (Lipinski definition) is 3. The highest BCUT2D eigenvalue weighted by Crippen LogP contribution is 2.06. The van der Waals surface area contributed by atoms with E-state index >= 15 is 0 Å². The molecular formula is C12H24N4O3. The summed E-state index contributed by atoms with van der Waals surface area (Å²) >= 11 is 0. The fourth-order valence-corrected chi connectivity index (χ4v) is 2.13. The maximum Gasteiger partial charge on any atom is 0.312 e. The van der Waals surface area contributed by atoms with Crippen LogP contribution in [0.2, 0.25) is 0 Å². The smallest absolute Gasteiger partial charge is 0.312 e. The molecule has 0 spiro atoms. The van der Waals surface area contributed by atoms with Gasteiger partial charge in [-0.1, -0.05) is 6.92 Å². The molecule has 0 radical (unpaired) electrons. The summed E-state index contributed by atoms with van der Waals surface area (Å²) < 4.78 is 0. The Morgan fingerprint density at radius 2 is 1.89 bits per heavy atom. The first-order valence-electron chi connectivity index (χ1n) is 6.69. The number of nitrogens with two attached hydrogens (primary N) is 1. The minimum absolute atomic E-state index is 0.116. The molecule has 0 unspecified atom stereocenters. The fraction of sp³-hybridized carbons (Fsp3) is 0.833. The van der Waals surface area contributed by atoms with Crippen LogP contribution in [0, 0.1) is 0 Å². The largest absolute Gasteiger partial charge is 0.392 e. The molecule has 0 bridgehead atoms. The normalized spacial score (nSPS) is 19.8. The predicted molar refractivity (Wildman–Crippen MR) is 71.5 cm³/mol. The Balaban J connectivity index is 2.36. The van der Waals surface area contributed by atoms with E-state index < -0.39 is 12.1 Å². The van der Waals surface area contributed by atoms with Gasteiger partial charge >= 0.3 is 6.03 Å². The number of amides is 3. The van der Waals surface area contributed by atoms with Crippen LogP contribution in [-0.4, -0.2) is 71.7 Å². The number of aliphatic hydroxyl groups is 1. The van der Waals surface area contributed by atoms with Gasteiger partial charge in [0.1, 0.15) is 6.04 Å². The molecule has 1 fully saturated rings. The lowest BCUT2D eigenvalue weighted by molar-refractivity contribution is -0.134. The van der Waals surface area contributed by atoms with Crippen LogP contribution in [0.25, 0.3) is 0 Å². The van der Waals surface area contributed by atoms with Crippen molar-refractivity contribution < 1.29 is 14.7 Å². The fourth-order valence-electron chi connectivity index (χ4n) is 2.13. The van der Waals surface area contributed by atoms with Crippen molar-refractivity contribution in [3.05, 3.63) is 0 Å². The first kappa shape index (κ1) is 15.7. The van der Waals surface area contributed by atoms with E-state index in [4.69, 9.17) is 5.73 Å². The van der Waals surface area contributed by atoms with Crippen molar-refractivity contribution in [2.24, 2.45) is 5.73 Å². The Labute approximate surface area is 113 Å². The number of urea groups is 1. The summed E-state index contributed by atoms with van der Waals surface area (Å²) in [5.74, 6) is -0.116. The number of primary amides is 1. The van der Waals surface area contributed by atoms with Crippen molar-refractivity contribution in [3.63, 3.8) is 0 Å². The second-order valence-electron chi connectivity index (χ2n) is 4.92. The van der Waals surface area contributed by atoms with Crippen molar-refractivity contribution in [2.45, 2.75) is 32.4 Å². The summed E-state index contributed by atoms with van der Waals surface area (Å²) in [5, 5.41) is 12.0. The molecular weight excluding hydrogens is 248 g/mol. The molecule has 7 nitrogen and oxygen atoms in total. The Morgan fingerprint density at radius 3 is 2.37 bits per heavy atom. The molecule has 4 N–H and O–H groups in total. The minimum atomic E-state index is -0.689. The van der Waals surface area contributed by atoms with Gasteiger partial charge in [-0.25, -0.2) is 4.79 Å². The molecule has 1 aliphatic rings. The molecule has 1 aliphatic heterocycles. The zero-order valence-corrected chi connectivity index (χ0v) is 11.6. The summed E-state index contributed by atoms with van der Waals surface area (Å²) in [4.78, 5) is 26.6. The highest BCUT2D eigenvalue weighted by atomic mass is 16.3. The Kier molecular flexibility index (Phi) is 6.04. The summed E-state index contributed by atoms with van der Waals surface area (Å²) in [7, 11) is 0. The number of aliphatic hydroxyl groups excluding tert-OH is 1. The maximum atomic E-state index is 12.0. The first-order chi connectivity index (χ1) is 8.93. The van der Waals surface area contributed by atoms with Crippen molar-refractivity contribution in [1.29, 1.82) is 0 Å². The van der Waals surface area contributed by atoms with E-state index in [1.165, 1.54) is 0 Å². The number of carbonyl (C=O) groups excluding carboxylic acids is 2. The van der Waals surface area contributed by atoms with Gasteiger partial charge in [0.25, 0.3) is 0 Å². The molecule has 1 heterocycles. The third kappa shape index (κ3) is 5.04. The molecule has 0 aliphatic carbocycles. The van der Waals surface area contributed by atoms with Crippen molar-refractivity contribution in [3.8, 4) is 0 Å². The van der Waals surface area contributed by atoms with Gasteiger partial charge in [0, 0.05) is 32.7 Å². The molecule has 3 amide bonds. The van der Waals surface area contributed by atoms with E-state index in [-0.39, 0.29) is 12.0 Å². The van der Waals surface area contributed by atoms with Crippen LogP contribution >= 0.6 is 0 Å². The van der Waals surface area contributed by atoms with E-state index in [1.54, 1.807) is 11.8 Å². The van der Waals surface area contributed by atoms with Crippen LogP contribution in [0.15, 0.2) is 0 Å². The van der Waals surface area contributed by atoms with E-state index in [0.29, 0.717) is 19.6 Å². The molecule has 0 saturated carbocycles. The third-order valence-electron chi connectivity index (χ3n) is 3.35. The van der Waals surface area contributed by atoms with Crippen LogP contribution in [0.1, 0.15) is 20.3 Å². The zero-order valence-electron chi connectivity index (χ0n) is 11.6. The number of rotatable bonds is 5. The summed E-state index contributed by atoms with van der Waals surface area (Å²) in [6.07, 6.45) is 0.427. The monoisotopic (exact) mass is 272 g/mol. The van der Waals surface area contributed by atoms with Gasteiger partial charge < -0.3 is 21.1 Å². The molecule has 1 rings (SSSR count). The number of carbonyl (C=O) groups is 2. The molecule has 0 aromatic rings. The first-order valence-corrected chi connectivity index (χ1v) is 6.69. The molecule has 7 heteroatoms. The second kappa shape index (κ2) is 7.30. The topological polar surface area (TPSA) is 98.9 Å². The van der Waals surface area contributed by atoms with Crippen LogP contribution in [0.3, 0.4) is 0 Å². The number of nitrogens with one attached hydrogen (secondary N) is 1. The van der Waals surface area contributed by atoms with Gasteiger partial charge in [-0.15, -0.1) is 0 Å². The minimum Gasteiger partial charge on any atom is -0.392 e. The SMILES string of the molecule is CC[C@@H](O)CN1CCN(C(=O)[C@H](C)NC(N)=O)CC1. The standard InChI is InChI=1S/C12H24N4O3/c1-3-10(17)8-15-4-6-16(7-5-15)11(18)9(2)14-12(13)19/h9-10,17H,3-8H2,1-2H3,(H3,13,14,19)/t9-,10+/m0/s1. The van der Waals surface area contributed by atoms with Gasteiger partial charge in [-0.05, 0) is 13.3 Å². The van der Waals surface area contributed by atoms with Crippen LogP contribution in [0.4, 0.5) is 4.79 Å². The van der Waals surface area contributed by atoms with Gasteiger partial charge in [0.15, 0.2) is 0 Å². The number of nitrogens with zero attached hydrogens (tertiary/aromatic N) is 2. The lowest BCUT2D eigenvalue weighted by Gasteiger charge is -2.36. The number of piperazine rings is 1. The molecule has 2 atom stereocenters. The van der Waals surface area contributed by atoms with Gasteiger partial charge in [0.05, 0.1) is 6.10 Å². The van der Waals surface area contributed by atoms with Gasteiger partial charge in [-0.2, -0.15) is 0 Å². The molecule has 19 heavy (non-hydrogen) atoms.